The van der Waals surface area contributed by atoms with Gasteiger partial charge in [0.1, 0.15) is 9.90 Å². The Morgan fingerprint density at radius 3 is 2.44 bits per heavy atom. The van der Waals surface area contributed by atoms with Gasteiger partial charge in [-0.15, -0.1) is 11.3 Å². The largest absolute Gasteiger partial charge is 0.388 e. The highest BCUT2D eigenvalue weighted by molar-refractivity contribution is 7.92. The summed E-state index contributed by atoms with van der Waals surface area (Å²) in [5.41, 5.74) is 2.01. The number of carbonyl (C=O) groups is 2. The van der Waals surface area contributed by atoms with Gasteiger partial charge in [0.25, 0.3) is 15.9 Å². The van der Waals surface area contributed by atoms with Crippen LogP contribution in [0, 0.1) is 5.82 Å². The zero-order chi connectivity index (χ0) is 24.5. The van der Waals surface area contributed by atoms with Crippen LogP contribution in [0.15, 0.2) is 63.9 Å². The highest BCUT2D eigenvalue weighted by Crippen LogP contribution is 2.28. The van der Waals surface area contributed by atoms with E-state index in [9.17, 15) is 22.4 Å². The number of anilines is 3. The van der Waals surface area contributed by atoms with Gasteiger partial charge < -0.3 is 10.6 Å². The number of nitrogens with zero attached hydrogens (tertiary/aromatic N) is 2. The topological polar surface area (TPSA) is 120 Å². The normalized spacial score (nSPS) is 13.6. The lowest BCUT2D eigenvalue weighted by Gasteiger charge is -2.14. The molecule has 4 rings (SSSR count). The first-order valence-corrected chi connectivity index (χ1v) is 12.4. The van der Waals surface area contributed by atoms with Crippen LogP contribution in [-0.2, 0) is 14.8 Å². The van der Waals surface area contributed by atoms with Gasteiger partial charge in [0, 0.05) is 18.4 Å². The summed E-state index contributed by atoms with van der Waals surface area (Å²) in [5.74, 6) is -1.24. The first-order valence-electron chi connectivity index (χ1n) is 9.73. The van der Waals surface area contributed by atoms with Gasteiger partial charge in [0.2, 0.25) is 0 Å². The second-order valence-corrected chi connectivity index (χ2v) is 10.7. The molecule has 13 heteroatoms. The molecule has 3 aromatic rings. The Hall–Kier alpha value is -3.48. The third kappa shape index (κ3) is 5.03. The zero-order valence-electron chi connectivity index (χ0n) is 17.5. The Balaban J connectivity index is 1.47. The molecule has 1 aliphatic rings. The van der Waals surface area contributed by atoms with Crippen molar-refractivity contribution in [3.63, 3.8) is 0 Å². The molecular weight excluding hydrogens is 505 g/mol. The minimum Gasteiger partial charge on any atom is -0.388 e. The summed E-state index contributed by atoms with van der Waals surface area (Å²) in [7, 11) is -2.34. The van der Waals surface area contributed by atoms with Crippen molar-refractivity contribution in [2.45, 2.75) is 10.6 Å². The van der Waals surface area contributed by atoms with Crippen molar-refractivity contribution in [3.05, 3.63) is 70.3 Å². The second-order valence-electron chi connectivity index (χ2n) is 7.04. The molecule has 0 bridgehead atoms. The highest BCUT2D eigenvalue weighted by Gasteiger charge is 2.28. The smallest absolute Gasteiger partial charge is 0.333 e. The van der Waals surface area contributed by atoms with Crippen LogP contribution in [-0.4, -0.2) is 33.1 Å². The van der Waals surface area contributed by atoms with Crippen molar-refractivity contribution in [1.29, 1.82) is 0 Å². The van der Waals surface area contributed by atoms with E-state index in [-0.39, 0.29) is 26.3 Å². The van der Waals surface area contributed by atoms with E-state index in [0.29, 0.717) is 5.71 Å². The number of hydrogen-bond acceptors (Lipinski definition) is 7. The molecule has 0 aliphatic carbocycles. The Morgan fingerprint density at radius 1 is 1.12 bits per heavy atom. The van der Waals surface area contributed by atoms with Crippen molar-refractivity contribution in [2.24, 2.45) is 5.10 Å². The van der Waals surface area contributed by atoms with E-state index in [2.05, 4.69) is 15.7 Å². The molecule has 1 aromatic heterocycles. The van der Waals surface area contributed by atoms with Gasteiger partial charge in [-0.2, -0.15) is 10.1 Å². The van der Waals surface area contributed by atoms with Gasteiger partial charge in [-0.3, -0.25) is 4.79 Å². The summed E-state index contributed by atoms with van der Waals surface area (Å²) >= 11 is 6.51. The number of carbonyl (C=O) groups excluding carboxylic acids is 2. The zero-order valence-corrected chi connectivity index (χ0v) is 19.9. The van der Waals surface area contributed by atoms with Gasteiger partial charge in [-0.25, -0.2) is 22.3 Å². The lowest BCUT2D eigenvalue weighted by atomic mass is 10.1. The van der Waals surface area contributed by atoms with E-state index in [0.717, 1.165) is 33.7 Å². The van der Waals surface area contributed by atoms with Crippen LogP contribution in [0.5, 0.6) is 0 Å². The monoisotopic (exact) mass is 521 g/mol. The van der Waals surface area contributed by atoms with E-state index in [1.54, 1.807) is 7.05 Å². The first kappa shape index (κ1) is 23.7. The van der Waals surface area contributed by atoms with Crippen LogP contribution in [0.4, 0.5) is 26.2 Å². The number of sulfonamides is 1. The molecule has 0 saturated carbocycles. The number of nitrogens with one attached hydrogen (secondary N) is 3. The molecule has 0 radical (unpaired) electrons. The third-order valence-electron chi connectivity index (χ3n) is 4.76. The molecule has 2 heterocycles. The SMILES string of the molecule is CNc1ccc(C2=NN(c3ccc(NC(=O)NS(=O)(=O)c4ccc(Cl)s4)cc3F)C(=O)C2)cc1. The van der Waals surface area contributed by atoms with Crippen LogP contribution in [0.25, 0.3) is 0 Å². The van der Waals surface area contributed by atoms with Crippen molar-refractivity contribution < 1.29 is 22.4 Å². The van der Waals surface area contributed by atoms with Crippen LogP contribution >= 0.6 is 22.9 Å². The third-order valence-corrected chi connectivity index (χ3v) is 7.81. The number of thiophene rings is 1. The van der Waals surface area contributed by atoms with Gasteiger partial charge in [0.15, 0.2) is 5.82 Å². The molecule has 3 amide bonds. The summed E-state index contributed by atoms with van der Waals surface area (Å²) in [4.78, 5) is 24.6. The van der Waals surface area contributed by atoms with Crippen molar-refractivity contribution >= 4 is 67.7 Å². The Labute approximate surface area is 203 Å². The highest BCUT2D eigenvalue weighted by atomic mass is 35.5. The molecule has 0 saturated heterocycles. The molecule has 1 aliphatic heterocycles. The lowest BCUT2D eigenvalue weighted by molar-refractivity contribution is -0.116. The van der Waals surface area contributed by atoms with E-state index in [4.69, 9.17) is 11.6 Å². The molecule has 0 fully saturated rings. The number of urea groups is 1. The fourth-order valence-corrected chi connectivity index (χ4v) is 5.52. The number of benzene rings is 2. The van der Waals surface area contributed by atoms with Gasteiger partial charge in [-0.1, -0.05) is 23.7 Å². The second kappa shape index (κ2) is 9.41. The minimum absolute atomic E-state index is 0.00530. The van der Waals surface area contributed by atoms with Crippen molar-refractivity contribution in [3.8, 4) is 0 Å². The Bertz CT molecular complexity index is 1410. The predicted octanol–water partition coefficient (Wildman–Crippen LogP) is 4.23. The maximum Gasteiger partial charge on any atom is 0.333 e. The van der Waals surface area contributed by atoms with E-state index >= 15 is 0 Å². The van der Waals surface area contributed by atoms with Crippen LogP contribution in [0.1, 0.15) is 12.0 Å². The Morgan fingerprint density at radius 2 is 1.82 bits per heavy atom. The summed E-state index contributed by atoms with van der Waals surface area (Å²) < 4.78 is 41.1. The average Bonchev–Trinajstić information content (AvgIpc) is 3.40. The van der Waals surface area contributed by atoms with Crippen molar-refractivity contribution in [2.75, 3.05) is 22.7 Å². The molecule has 0 spiro atoms. The number of rotatable bonds is 6. The standard InChI is InChI=1S/C21H17ClFN5O4S2/c1-24-13-4-2-12(3-5-13)16-11-19(29)28(26-16)17-7-6-14(10-15(17)23)25-21(30)27-34(31,32)20-9-8-18(22)33-20/h2-10,24H,11H2,1H3,(H2,25,27,30). The lowest BCUT2D eigenvalue weighted by Crippen LogP contribution is -2.34. The van der Waals surface area contributed by atoms with Gasteiger partial charge >= 0.3 is 6.03 Å². The maximum atomic E-state index is 14.8. The molecule has 2 aromatic carbocycles. The quantitative estimate of drug-likeness (QED) is 0.448. The van der Waals surface area contributed by atoms with E-state index in [1.165, 1.54) is 24.3 Å². The Kier molecular flexibility index (Phi) is 6.55. The van der Waals surface area contributed by atoms with Crippen molar-refractivity contribution in [1.82, 2.24) is 4.72 Å². The minimum atomic E-state index is -4.13. The molecule has 3 N–H and O–H groups in total. The molecule has 34 heavy (non-hydrogen) atoms. The summed E-state index contributed by atoms with van der Waals surface area (Å²) in [6.45, 7) is 0. The summed E-state index contributed by atoms with van der Waals surface area (Å²) in [6.07, 6.45) is 0.00530. The average molecular weight is 522 g/mol. The predicted molar refractivity (Wildman–Crippen MR) is 130 cm³/mol. The van der Waals surface area contributed by atoms with Crippen LogP contribution in [0.3, 0.4) is 0 Å². The van der Waals surface area contributed by atoms with Gasteiger partial charge in [0.05, 0.1) is 16.5 Å². The first-order chi connectivity index (χ1) is 16.2. The molecule has 9 nitrogen and oxygen atoms in total. The fourth-order valence-electron chi connectivity index (χ4n) is 3.13. The maximum absolute atomic E-state index is 14.8. The number of halogens is 2. The number of amides is 3. The van der Waals surface area contributed by atoms with Crippen LogP contribution < -0.4 is 20.4 Å². The van der Waals surface area contributed by atoms with E-state index in [1.807, 2.05) is 29.0 Å². The van der Waals surface area contributed by atoms with E-state index < -0.39 is 27.8 Å². The number of hydrazone groups is 1. The summed E-state index contributed by atoms with van der Waals surface area (Å²) in [6, 6.07) is 12.4. The summed E-state index contributed by atoms with van der Waals surface area (Å²) in [5, 5.41) is 10.5. The van der Waals surface area contributed by atoms with Gasteiger partial charge in [-0.05, 0) is 48.0 Å². The molecule has 0 unspecified atom stereocenters. The number of hydrogen-bond donors (Lipinski definition) is 3. The molecule has 0 atom stereocenters. The fraction of sp³-hybridized carbons (Fsp3) is 0.0952. The molecular formula is C21H17ClFN5O4S2. The molecule has 176 valence electrons. The van der Waals surface area contributed by atoms with Crippen LogP contribution in [0.2, 0.25) is 4.34 Å².